The molecule has 0 bridgehead atoms. The van der Waals surface area contributed by atoms with Gasteiger partial charge >= 0.3 is 0 Å². The molecule has 0 spiro atoms. The van der Waals surface area contributed by atoms with E-state index in [1.165, 1.54) is 0 Å². The van der Waals surface area contributed by atoms with E-state index in [4.69, 9.17) is 28.9 Å². The summed E-state index contributed by atoms with van der Waals surface area (Å²) in [6.07, 6.45) is 4.11. The molecule has 0 radical (unpaired) electrons. The summed E-state index contributed by atoms with van der Waals surface area (Å²) in [6.45, 7) is 0. The molecule has 0 aromatic heterocycles. The van der Waals surface area contributed by atoms with E-state index >= 15 is 0 Å². The monoisotopic (exact) mass is 272 g/mol. The fraction of sp³-hybridized carbons (Fsp3) is 0.417. The van der Waals surface area contributed by atoms with Crippen molar-refractivity contribution in [3.63, 3.8) is 0 Å². The number of rotatable bonds is 2. The highest BCUT2D eigenvalue weighted by Gasteiger charge is 2.23. The Hall–Kier alpha value is -0.930. The Morgan fingerprint density at radius 3 is 2.53 bits per heavy atom. The lowest BCUT2D eigenvalue weighted by atomic mass is 10.1. The second kappa shape index (κ2) is 5.15. The van der Waals surface area contributed by atoms with Crippen LogP contribution in [0.15, 0.2) is 12.1 Å². The molecule has 1 aromatic carbocycles. The summed E-state index contributed by atoms with van der Waals surface area (Å²) >= 11 is 11.8. The molecule has 92 valence electrons. The highest BCUT2D eigenvalue weighted by molar-refractivity contribution is 6.37. The molecule has 0 unspecified atom stereocenters. The molecule has 1 saturated carbocycles. The zero-order valence-electron chi connectivity index (χ0n) is 9.30. The largest absolute Gasteiger partial charge is 0.397 e. The molecule has 0 heterocycles. The van der Waals surface area contributed by atoms with Gasteiger partial charge in [-0.2, -0.15) is 0 Å². The Bertz CT molecular complexity index is 419. The third-order valence-corrected chi connectivity index (χ3v) is 3.58. The lowest BCUT2D eigenvalue weighted by molar-refractivity contribution is -0.119. The molecule has 1 fully saturated rings. The van der Waals surface area contributed by atoms with E-state index in [1.807, 2.05) is 0 Å². The Labute approximate surface area is 110 Å². The van der Waals surface area contributed by atoms with Gasteiger partial charge in [-0.25, -0.2) is 0 Å². The summed E-state index contributed by atoms with van der Waals surface area (Å²) < 4.78 is 0. The first kappa shape index (κ1) is 12.5. The van der Waals surface area contributed by atoms with E-state index in [0.29, 0.717) is 21.4 Å². The Morgan fingerprint density at radius 1 is 1.29 bits per heavy atom. The summed E-state index contributed by atoms with van der Waals surface area (Å²) in [5.41, 5.74) is 6.65. The SMILES string of the molecule is Nc1cc(Cl)cc(Cl)c1NC(=O)C1CCCC1. The van der Waals surface area contributed by atoms with Gasteiger partial charge in [0.25, 0.3) is 0 Å². The summed E-state index contributed by atoms with van der Waals surface area (Å²) in [5.74, 6) is 0.0829. The fourth-order valence-corrected chi connectivity index (χ4v) is 2.70. The minimum Gasteiger partial charge on any atom is -0.397 e. The number of hydrogen-bond acceptors (Lipinski definition) is 2. The molecule has 1 aromatic rings. The van der Waals surface area contributed by atoms with Gasteiger partial charge in [-0.1, -0.05) is 36.0 Å². The Kier molecular flexibility index (Phi) is 3.79. The molecule has 3 nitrogen and oxygen atoms in total. The van der Waals surface area contributed by atoms with Crippen molar-refractivity contribution < 1.29 is 4.79 Å². The Balaban J connectivity index is 2.15. The van der Waals surface area contributed by atoms with E-state index in [-0.39, 0.29) is 11.8 Å². The molecule has 1 aliphatic rings. The number of anilines is 2. The van der Waals surface area contributed by atoms with E-state index in [2.05, 4.69) is 5.32 Å². The van der Waals surface area contributed by atoms with Crippen molar-refractivity contribution >= 4 is 40.5 Å². The second-order valence-corrected chi connectivity index (χ2v) is 5.17. The first-order valence-corrected chi connectivity index (χ1v) is 6.39. The third-order valence-electron chi connectivity index (χ3n) is 3.06. The van der Waals surface area contributed by atoms with E-state index in [9.17, 15) is 4.79 Å². The summed E-state index contributed by atoms with van der Waals surface area (Å²) in [6, 6.07) is 3.15. The maximum Gasteiger partial charge on any atom is 0.227 e. The van der Waals surface area contributed by atoms with Crippen LogP contribution in [0.3, 0.4) is 0 Å². The summed E-state index contributed by atoms with van der Waals surface area (Å²) in [4.78, 5) is 11.9. The number of halogens is 2. The van der Waals surface area contributed by atoms with Gasteiger partial charge < -0.3 is 11.1 Å². The van der Waals surface area contributed by atoms with Crippen LogP contribution in [0.4, 0.5) is 11.4 Å². The first-order chi connectivity index (χ1) is 8.08. The average molecular weight is 273 g/mol. The highest BCUT2D eigenvalue weighted by Crippen LogP contribution is 2.33. The van der Waals surface area contributed by atoms with Crippen LogP contribution in [0, 0.1) is 5.92 Å². The maximum absolute atomic E-state index is 11.9. The number of nitrogens with one attached hydrogen (secondary N) is 1. The van der Waals surface area contributed by atoms with E-state index in [0.717, 1.165) is 25.7 Å². The number of hydrogen-bond donors (Lipinski definition) is 2. The topological polar surface area (TPSA) is 55.1 Å². The van der Waals surface area contributed by atoms with Gasteiger partial charge in [-0.15, -0.1) is 0 Å². The van der Waals surface area contributed by atoms with Crippen LogP contribution >= 0.6 is 23.2 Å². The number of benzene rings is 1. The average Bonchev–Trinajstić information content (AvgIpc) is 2.76. The van der Waals surface area contributed by atoms with Crippen molar-refractivity contribution in [1.82, 2.24) is 0 Å². The molecule has 0 atom stereocenters. The number of nitrogens with two attached hydrogens (primary N) is 1. The van der Waals surface area contributed by atoms with Crippen molar-refractivity contribution in [2.75, 3.05) is 11.1 Å². The van der Waals surface area contributed by atoms with Crippen molar-refractivity contribution in [3.8, 4) is 0 Å². The van der Waals surface area contributed by atoms with Gasteiger partial charge in [0.1, 0.15) is 0 Å². The zero-order valence-corrected chi connectivity index (χ0v) is 10.8. The van der Waals surface area contributed by atoms with Crippen molar-refractivity contribution in [3.05, 3.63) is 22.2 Å². The molecule has 0 aliphatic heterocycles. The molecule has 17 heavy (non-hydrogen) atoms. The normalized spacial score (nSPS) is 16.1. The molecule has 1 amide bonds. The zero-order chi connectivity index (χ0) is 12.4. The fourth-order valence-electron chi connectivity index (χ4n) is 2.14. The minimum atomic E-state index is -0.00146. The van der Waals surface area contributed by atoms with Gasteiger partial charge in [0, 0.05) is 10.9 Å². The summed E-state index contributed by atoms with van der Waals surface area (Å²) in [7, 11) is 0. The molecular formula is C12H14Cl2N2O. The van der Waals surface area contributed by atoms with Crippen molar-refractivity contribution in [2.45, 2.75) is 25.7 Å². The quantitative estimate of drug-likeness (QED) is 0.807. The third kappa shape index (κ3) is 2.85. The van der Waals surface area contributed by atoms with Gasteiger partial charge in [0.05, 0.1) is 16.4 Å². The van der Waals surface area contributed by atoms with Gasteiger partial charge in [-0.05, 0) is 25.0 Å². The van der Waals surface area contributed by atoms with Crippen molar-refractivity contribution in [1.29, 1.82) is 0 Å². The van der Waals surface area contributed by atoms with E-state index in [1.54, 1.807) is 12.1 Å². The van der Waals surface area contributed by atoms with Crippen LogP contribution in [0.5, 0.6) is 0 Å². The molecule has 1 aliphatic carbocycles. The second-order valence-electron chi connectivity index (χ2n) is 4.32. The molecule has 0 saturated heterocycles. The van der Waals surface area contributed by atoms with Crippen molar-refractivity contribution in [2.24, 2.45) is 5.92 Å². The molecule has 2 rings (SSSR count). The lowest BCUT2D eigenvalue weighted by Crippen LogP contribution is -2.21. The van der Waals surface area contributed by atoms with Gasteiger partial charge in [0.2, 0.25) is 5.91 Å². The molecule has 5 heteroatoms. The van der Waals surface area contributed by atoms with Gasteiger partial charge in [0.15, 0.2) is 0 Å². The molecule has 3 N–H and O–H groups in total. The predicted molar refractivity (Wildman–Crippen MR) is 71.5 cm³/mol. The van der Waals surface area contributed by atoms with Crippen LogP contribution < -0.4 is 11.1 Å². The highest BCUT2D eigenvalue weighted by atomic mass is 35.5. The lowest BCUT2D eigenvalue weighted by Gasteiger charge is -2.13. The van der Waals surface area contributed by atoms with Crippen LogP contribution in [-0.2, 0) is 4.79 Å². The summed E-state index contributed by atoms with van der Waals surface area (Å²) in [5, 5.41) is 3.63. The number of carbonyl (C=O) groups is 1. The van der Waals surface area contributed by atoms with Crippen LogP contribution in [0.2, 0.25) is 10.0 Å². The Morgan fingerprint density at radius 2 is 1.94 bits per heavy atom. The van der Waals surface area contributed by atoms with Crippen LogP contribution in [0.1, 0.15) is 25.7 Å². The van der Waals surface area contributed by atoms with Crippen LogP contribution in [0.25, 0.3) is 0 Å². The van der Waals surface area contributed by atoms with E-state index < -0.39 is 0 Å². The van der Waals surface area contributed by atoms with Gasteiger partial charge in [-0.3, -0.25) is 4.79 Å². The standard InChI is InChI=1S/C12H14Cl2N2O/c13-8-5-9(14)11(10(15)6-8)16-12(17)7-3-1-2-4-7/h5-7H,1-4,15H2,(H,16,17). The number of nitrogen functional groups attached to an aromatic ring is 1. The van der Waals surface area contributed by atoms with Crippen LogP contribution in [-0.4, -0.2) is 5.91 Å². The smallest absolute Gasteiger partial charge is 0.227 e. The molecular weight excluding hydrogens is 259 g/mol. The maximum atomic E-state index is 11.9. The first-order valence-electron chi connectivity index (χ1n) is 5.63. The minimum absolute atomic E-state index is 0.00146. The predicted octanol–water partition coefficient (Wildman–Crippen LogP) is 3.70. The number of amides is 1. The number of carbonyl (C=O) groups excluding carboxylic acids is 1.